The van der Waals surface area contributed by atoms with Crippen molar-refractivity contribution in [1.29, 1.82) is 0 Å². The molecule has 0 aromatic rings. The van der Waals surface area contributed by atoms with Gasteiger partial charge in [0.2, 0.25) is 5.91 Å². The number of hydrogen-bond donors (Lipinski definition) is 4. The fourth-order valence-electron chi connectivity index (χ4n) is 4.63. The Hall–Kier alpha value is -1.35. The SMILES string of the molecule is CC(C)N/C(=N\C1CC(C2CC(F)CC(F)C2)NN1)NC(=O)C1CCCC(F)C1. The van der Waals surface area contributed by atoms with E-state index in [0.29, 0.717) is 44.5 Å². The quantitative estimate of drug-likeness (QED) is 0.419. The number of halogens is 3. The number of alkyl halides is 3. The van der Waals surface area contributed by atoms with Crippen LogP contribution in [-0.2, 0) is 4.79 Å². The van der Waals surface area contributed by atoms with Crippen LogP contribution in [0.15, 0.2) is 4.99 Å². The van der Waals surface area contributed by atoms with Crippen molar-refractivity contribution in [2.24, 2.45) is 16.8 Å². The topological polar surface area (TPSA) is 77.6 Å². The number of hydrazine groups is 1. The van der Waals surface area contributed by atoms with Crippen LogP contribution in [0.3, 0.4) is 0 Å². The summed E-state index contributed by atoms with van der Waals surface area (Å²) in [6.45, 7) is 3.88. The Bertz CT molecular complexity index is 580. The number of carbonyl (C=O) groups excluding carboxylic acids is 1. The van der Waals surface area contributed by atoms with Crippen molar-refractivity contribution in [3.05, 3.63) is 0 Å². The molecule has 166 valence electrons. The Morgan fingerprint density at radius 3 is 2.34 bits per heavy atom. The lowest BCUT2D eigenvalue weighted by Gasteiger charge is -2.31. The van der Waals surface area contributed by atoms with Crippen LogP contribution in [0, 0.1) is 11.8 Å². The normalized spacial score (nSPS) is 38.8. The first-order valence-electron chi connectivity index (χ1n) is 10.9. The number of carbonyl (C=O) groups is 1. The van der Waals surface area contributed by atoms with E-state index in [0.717, 1.165) is 0 Å². The van der Waals surface area contributed by atoms with Gasteiger partial charge < -0.3 is 5.32 Å². The molecule has 1 heterocycles. The predicted molar refractivity (Wildman–Crippen MR) is 106 cm³/mol. The third-order valence-corrected chi connectivity index (χ3v) is 6.04. The summed E-state index contributed by atoms with van der Waals surface area (Å²) in [6, 6.07) is -0.0142. The van der Waals surface area contributed by atoms with Crippen molar-refractivity contribution in [1.82, 2.24) is 21.5 Å². The van der Waals surface area contributed by atoms with Gasteiger partial charge in [0.25, 0.3) is 0 Å². The molecule has 3 aliphatic rings. The van der Waals surface area contributed by atoms with Crippen LogP contribution < -0.4 is 21.5 Å². The van der Waals surface area contributed by atoms with Gasteiger partial charge in [-0.15, -0.1) is 0 Å². The van der Waals surface area contributed by atoms with E-state index in [-0.39, 0.29) is 48.8 Å². The van der Waals surface area contributed by atoms with E-state index in [1.54, 1.807) is 0 Å². The fraction of sp³-hybridized carbons (Fsp3) is 0.900. The van der Waals surface area contributed by atoms with E-state index in [1.165, 1.54) is 0 Å². The van der Waals surface area contributed by atoms with Crippen LogP contribution in [0.2, 0.25) is 0 Å². The van der Waals surface area contributed by atoms with Crippen LogP contribution in [0.1, 0.15) is 65.2 Å². The lowest BCUT2D eigenvalue weighted by molar-refractivity contribution is -0.125. The summed E-state index contributed by atoms with van der Waals surface area (Å²) < 4.78 is 41.1. The molecule has 3 rings (SSSR count). The highest BCUT2D eigenvalue weighted by Crippen LogP contribution is 2.33. The number of nitrogens with one attached hydrogen (secondary N) is 4. The minimum Gasteiger partial charge on any atom is -0.354 e. The number of rotatable bonds is 4. The number of nitrogens with zero attached hydrogens (tertiary/aromatic N) is 1. The van der Waals surface area contributed by atoms with Crippen molar-refractivity contribution < 1.29 is 18.0 Å². The molecule has 6 atom stereocenters. The maximum absolute atomic E-state index is 13.7. The largest absolute Gasteiger partial charge is 0.354 e. The summed E-state index contributed by atoms with van der Waals surface area (Å²) in [5.41, 5.74) is 6.18. The second kappa shape index (κ2) is 10.1. The Balaban J connectivity index is 1.59. The average molecular weight is 418 g/mol. The zero-order chi connectivity index (χ0) is 21.0. The molecule has 6 unspecified atom stereocenters. The Morgan fingerprint density at radius 1 is 0.966 bits per heavy atom. The van der Waals surface area contributed by atoms with Crippen LogP contribution in [-0.4, -0.2) is 48.6 Å². The first kappa shape index (κ1) is 22.3. The van der Waals surface area contributed by atoms with Gasteiger partial charge in [0, 0.05) is 30.8 Å². The highest BCUT2D eigenvalue weighted by molar-refractivity contribution is 5.98. The van der Waals surface area contributed by atoms with Crippen molar-refractivity contribution in [2.45, 2.75) is 102 Å². The standard InChI is InChI=1S/C20H34F3N5O/c1-11(2)24-20(26-19(29)12-4-3-5-14(21)6-12)25-18-10-17(27-28-18)13-7-15(22)9-16(23)8-13/h11-18,27-28H,3-10H2,1-2H3,(H2,24,25,26,29). The minimum atomic E-state index is -1.10. The molecular weight excluding hydrogens is 383 g/mol. The number of aliphatic imine (C=N–C) groups is 1. The second-order valence-electron chi connectivity index (χ2n) is 9.04. The summed E-state index contributed by atoms with van der Waals surface area (Å²) in [7, 11) is 0. The summed E-state index contributed by atoms with van der Waals surface area (Å²) in [5.74, 6) is -0.289. The monoisotopic (exact) mass is 417 g/mol. The van der Waals surface area contributed by atoms with Gasteiger partial charge in [-0.25, -0.2) is 23.6 Å². The fourth-order valence-corrected chi connectivity index (χ4v) is 4.63. The lowest BCUT2D eigenvalue weighted by atomic mass is 9.81. The average Bonchev–Trinajstić information content (AvgIpc) is 3.09. The van der Waals surface area contributed by atoms with Crippen LogP contribution >= 0.6 is 0 Å². The van der Waals surface area contributed by atoms with Crippen molar-refractivity contribution in [2.75, 3.05) is 0 Å². The molecule has 1 aliphatic heterocycles. The molecule has 3 fully saturated rings. The summed E-state index contributed by atoms with van der Waals surface area (Å²) in [6.07, 6.45) is 0.0273. The Labute approximate surface area is 170 Å². The zero-order valence-corrected chi connectivity index (χ0v) is 17.3. The van der Waals surface area contributed by atoms with Crippen molar-refractivity contribution >= 4 is 11.9 Å². The molecular formula is C20H34F3N5O. The van der Waals surface area contributed by atoms with Gasteiger partial charge in [-0.05, 0) is 58.3 Å². The highest BCUT2D eigenvalue weighted by atomic mass is 19.1. The van der Waals surface area contributed by atoms with Crippen LogP contribution in [0.25, 0.3) is 0 Å². The lowest BCUT2D eigenvalue weighted by Crippen LogP contribution is -2.48. The molecule has 0 bridgehead atoms. The summed E-state index contributed by atoms with van der Waals surface area (Å²) >= 11 is 0. The van der Waals surface area contributed by atoms with Gasteiger partial charge in [0.05, 0.1) is 0 Å². The van der Waals surface area contributed by atoms with Gasteiger partial charge in [0.15, 0.2) is 5.96 Å². The number of amides is 1. The van der Waals surface area contributed by atoms with E-state index in [1.807, 2.05) is 13.8 Å². The van der Waals surface area contributed by atoms with Gasteiger partial charge in [-0.3, -0.25) is 15.5 Å². The second-order valence-corrected chi connectivity index (χ2v) is 9.04. The van der Waals surface area contributed by atoms with E-state index < -0.39 is 18.5 Å². The van der Waals surface area contributed by atoms with Gasteiger partial charge in [0.1, 0.15) is 24.7 Å². The van der Waals surface area contributed by atoms with E-state index >= 15 is 0 Å². The van der Waals surface area contributed by atoms with E-state index in [4.69, 9.17) is 0 Å². The third-order valence-electron chi connectivity index (χ3n) is 6.04. The Morgan fingerprint density at radius 2 is 1.69 bits per heavy atom. The van der Waals surface area contributed by atoms with E-state index in [2.05, 4.69) is 26.5 Å². The molecule has 9 heteroatoms. The summed E-state index contributed by atoms with van der Waals surface area (Å²) in [5, 5.41) is 5.95. The molecule has 0 spiro atoms. The molecule has 2 saturated carbocycles. The van der Waals surface area contributed by atoms with E-state index in [9.17, 15) is 18.0 Å². The number of hydrogen-bond acceptors (Lipinski definition) is 4. The van der Waals surface area contributed by atoms with Gasteiger partial charge in [-0.1, -0.05) is 0 Å². The Kier molecular flexibility index (Phi) is 7.79. The van der Waals surface area contributed by atoms with Crippen molar-refractivity contribution in [3.8, 4) is 0 Å². The maximum atomic E-state index is 13.7. The molecule has 0 radical (unpaired) electrons. The maximum Gasteiger partial charge on any atom is 0.229 e. The highest BCUT2D eigenvalue weighted by Gasteiger charge is 2.37. The molecule has 4 N–H and O–H groups in total. The molecule has 1 amide bonds. The number of guanidine groups is 1. The first-order chi connectivity index (χ1) is 13.8. The smallest absolute Gasteiger partial charge is 0.229 e. The van der Waals surface area contributed by atoms with Crippen LogP contribution in [0.5, 0.6) is 0 Å². The predicted octanol–water partition coefficient (Wildman–Crippen LogP) is 2.65. The molecule has 0 aromatic carbocycles. The molecule has 2 aliphatic carbocycles. The van der Waals surface area contributed by atoms with Gasteiger partial charge >= 0.3 is 0 Å². The van der Waals surface area contributed by atoms with Gasteiger partial charge in [-0.2, -0.15) is 0 Å². The minimum absolute atomic E-state index is 0.00633. The zero-order valence-electron chi connectivity index (χ0n) is 17.3. The first-order valence-corrected chi connectivity index (χ1v) is 10.9. The molecule has 29 heavy (non-hydrogen) atoms. The van der Waals surface area contributed by atoms with Crippen LogP contribution in [0.4, 0.5) is 13.2 Å². The molecule has 0 aromatic heterocycles. The molecule has 1 saturated heterocycles. The third kappa shape index (κ3) is 6.57. The van der Waals surface area contributed by atoms with Crippen molar-refractivity contribution in [3.63, 3.8) is 0 Å². The summed E-state index contributed by atoms with van der Waals surface area (Å²) in [4.78, 5) is 17.1. The molecule has 6 nitrogen and oxygen atoms in total.